The molecule has 0 unspecified atom stereocenters. The number of fused-ring (bicyclic) bond motifs is 3. The molecule has 2 atom stereocenters. The van der Waals surface area contributed by atoms with Crippen LogP contribution in [0.3, 0.4) is 0 Å². The monoisotopic (exact) mass is 509 g/mol. The molecule has 1 aliphatic heterocycles. The quantitative estimate of drug-likeness (QED) is 0.379. The van der Waals surface area contributed by atoms with E-state index in [1.165, 1.54) is 4.80 Å². The minimum Gasteiger partial charge on any atom is -0.493 e. The largest absolute Gasteiger partial charge is 0.493 e. The number of para-hydroxylation sites is 1. The van der Waals surface area contributed by atoms with Crippen LogP contribution in [0.5, 0.6) is 11.5 Å². The molecular weight excluding hydrogens is 486 g/mol. The molecule has 1 N–H and O–H groups in total. The second-order valence-corrected chi connectivity index (χ2v) is 8.69. The zero-order valence-corrected chi connectivity index (χ0v) is 20.4. The zero-order valence-electron chi connectivity index (χ0n) is 19.7. The van der Waals surface area contributed by atoms with Crippen molar-refractivity contribution in [2.45, 2.75) is 31.6 Å². The Morgan fingerprint density at radius 3 is 2.78 bits per heavy atom. The number of rotatable bonds is 8. The van der Waals surface area contributed by atoms with E-state index in [2.05, 4.69) is 20.0 Å². The fourth-order valence-electron chi connectivity index (χ4n) is 4.52. The molecule has 0 aliphatic carbocycles. The van der Waals surface area contributed by atoms with Crippen LogP contribution in [-0.4, -0.2) is 50.1 Å². The summed E-state index contributed by atoms with van der Waals surface area (Å²) in [6, 6.07) is 15.4. The number of methoxy groups -OCH3 is 2. The number of carboxylic acid groups (broad SMARTS) is 1. The van der Waals surface area contributed by atoms with Crippen molar-refractivity contribution < 1.29 is 24.1 Å². The molecule has 0 spiro atoms. The standard InChI is InChI=1S/C25H24ClN5O5/c1-34-21-7-3-5-16(25(21)35-2)24-17-13-15(26)8-9-18(17)30-11-4-6-19(30)20(36-24)10-12-31-28-22(27-29-31)14-23(32)33/h3-9,11,13,20,24H,10,12,14H2,1-2H3,(H,32,33)/t20-,24-/m1/s1. The first kappa shape index (κ1) is 23.8. The highest BCUT2D eigenvalue weighted by atomic mass is 35.5. The lowest BCUT2D eigenvalue weighted by atomic mass is 9.98. The van der Waals surface area contributed by atoms with E-state index in [4.69, 9.17) is 30.9 Å². The van der Waals surface area contributed by atoms with Crippen LogP contribution in [0.15, 0.2) is 54.7 Å². The number of hydrogen-bond donors (Lipinski definition) is 1. The van der Waals surface area contributed by atoms with E-state index >= 15 is 0 Å². The van der Waals surface area contributed by atoms with Gasteiger partial charge in [0, 0.05) is 28.8 Å². The minimum absolute atomic E-state index is 0.161. The van der Waals surface area contributed by atoms with E-state index in [1.54, 1.807) is 14.2 Å². The van der Waals surface area contributed by atoms with Gasteiger partial charge in [-0.25, -0.2) is 0 Å². The molecule has 4 aromatic rings. The van der Waals surface area contributed by atoms with Crippen LogP contribution in [-0.2, 0) is 22.5 Å². The van der Waals surface area contributed by atoms with Crippen LogP contribution in [0.25, 0.3) is 5.69 Å². The number of aromatic nitrogens is 5. The molecule has 0 amide bonds. The molecule has 11 heteroatoms. The van der Waals surface area contributed by atoms with Crippen molar-refractivity contribution >= 4 is 17.6 Å². The maximum atomic E-state index is 11.0. The molecule has 36 heavy (non-hydrogen) atoms. The number of tetrazole rings is 1. The number of carboxylic acids is 1. The number of ether oxygens (including phenoxy) is 3. The average molecular weight is 510 g/mol. The third-order valence-corrected chi connectivity index (χ3v) is 6.29. The molecule has 5 rings (SSSR count). The van der Waals surface area contributed by atoms with E-state index < -0.39 is 12.1 Å². The highest BCUT2D eigenvalue weighted by Gasteiger charge is 2.33. The highest BCUT2D eigenvalue weighted by molar-refractivity contribution is 6.30. The molecule has 0 bridgehead atoms. The van der Waals surface area contributed by atoms with E-state index in [0.717, 1.165) is 22.5 Å². The van der Waals surface area contributed by atoms with Crippen molar-refractivity contribution in [3.05, 3.63) is 82.4 Å². The lowest BCUT2D eigenvalue weighted by molar-refractivity contribution is -0.136. The maximum Gasteiger partial charge on any atom is 0.311 e. The van der Waals surface area contributed by atoms with Gasteiger partial charge < -0.3 is 23.9 Å². The van der Waals surface area contributed by atoms with Crippen molar-refractivity contribution in [3.8, 4) is 17.2 Å². The summed E-state index contributed by atoms with van der Waals surface area (Å²) < 4.78 is 20.2. The molecule has 0 saturated carbocycles. The van der Waals surface area contributed by atoms with Crippen LogP contribution >= 0.6 is 11.6 Å². The Kier molecular flexibility index (Phi) is 6.62. The smallest absolute Gasteiger partial charge is 0.311 e. The van der Waals surface area contributed by atoms with Crippen LogP contribution in [0.1, 0.15) is 41.3 Å². The number of hydrogen-bond acceptors (Lipinski definition) is 7. The summed E-state index contributed by atoms with van der Waals surface area (Å²) in [5.74, 6) is 0.331. The number of halogens is 1. The Morgan fingerprint density at radius 2 is 2.00 bits per heavy atom. The van der Waals surface area contributed by atoms with E-state index in [9.17, 15) is 4.79 Å². The Balaban J connectivity index is 1.55. The lowest BCUT2D eigenvalue weighted by Crippen LogP contribution is -2.15. The average Bonchev–Trinajstić information content (AvgIpc) is 3.51. The number of aliphatic carboxylic acids is 1. The van der Waals surface area contributed by atoms with Crippen LogP contribution in [0.4, 0.5) is 0 Å². The number of benzene rings is 2. The van der Waals surface area contributed by atoms with Gasteiger partial charge in [-0.05, 0) is 41.6 Å². The molecule has 186 valence electrons. The SMILES string of the molecule is COc1cccc([C@H]2O[C@H](CCn3nnc(CC(=O)O)n3)c3cccn3-c3ccc(Cl)cc32)c1OC. The first-order valence-electron chi connectivity index (χ1n) is 11.3. The zero-order chi connectivity index (χ0) is 25.2. The maximum absolute atomic E-state index is 11.0. The first-order valence-corrected chi connectivity index (χ1v) is 11.7. The second kappa shape index (κ2) is 10.00. The first-order chi connectivity index (χ1) is 17.5. The van der Waals surface area contributed by atoms with Crippen LogP contribution < -0.4 is 9.47 Å². The molecule has 1 aliphatic rings. The predicted molar refractivity (Wildman–Crippen MR) is 130 cm³/mol. The molecule has 0 radical (unpaired) electrons. The van der Waals surface area contributed by atoms with Gasteiger partial charge in [-0.3, -0.25) is 4.79 Å². The minimum atomic E-state index is -1.01. The fourth-order valence-corrected chi connectivity index (χ4v) is 4.70. The summed E-state index contributed by atoms with van der Waals surface area (Å²) >= 11 is 6.44. The van der Waals surface area contributed by atoms with E-state index in [0.29, 0.717) is 29.5 Å². The van der Waals surface area contributed by atoms with Crippen LogP contribution in [0, 0.1) is 0 Å². The molecule has 10 nitrogen and oxygen atoms in total. The Morgan fingerprint density at radius 1 is 1.14 bits per heavy atom. The lowest BCUT2D eigenvalue weighted by Gasteiger charge is -2.25. The van der Waals surface area contributed by atoms with Crippen molar-refractivity contribution in [2.24, 2.45) is 0 Å². The van der Waals surface area contributed by atoms with Gasteiger partial charge >= 0.3 is 5.97 Å². The second-order valence-electron chi connectivity index (χ2n) is 8.25. The van der Waals surface area contributed by atoms with Crippen molar-refractivity contribution in [3.63, 3.8) is 0 Å². The summed E-state index contributed by atoms with van der Waals surface area (Å²) in [5, 5.41) is 21.6. The summed E-state index contributed by atoms with van der Waals surface area (Å²) in [5.41, 5.74) is 3.59. The van der Waals surface area contributed by atoms with Crippen LogP contribution in [0.2, 0.25) is 5.02 Å². The van der Waals surface area contributed by atoms with Gasteiger partial charge in [-0.15, -0.1) is 10.2 Å². The van der Waals surface area contributed by atoms with Crippen molar-refractivity contribution in [1.29, 1.82) is 0 Å². The Hall–Kier alpha value is -3.89. The predicted octanol–water partition coefficient (Wildman–Crippen LogP) is 4.01. The molecule has 3 heterocycles. The summed E-state index contributed by atoms with van der Waals surface area (Å²) in [6.45, 7) is 0.377. The third kappa shape index (κ3) is 4.52. The molecule has 0 fully saturated rings. The van der Waals surface area contributed by atoms with Gasteiger partial charge in [-0.2, -0.15) is 4.80 Å². The van der Waals surface area contributed by atoms with Crippen molar-refractivity contribution in [2.75, 3.05) is 14.2 Å². The van der Waals surface area contributed by atoms with Gasteiger partial charge in [0.25, 0.3) is 0 Å². The topological polar surface area (TPSA) is 114 Å². The molecule has 0 saturated heterocycles. The van der Waals surface area contributed by atoms with Gasteiger partial charge in [-0.1, -0.05) is 23.7 Å². The van der Waals surface area contributed by atoms with Crippen molar-refractivity contribution in [1.82, 2.24) is 24.8 Å². The normalized spacial score (nSPS) is 16.6. The van der Waals surface area contributed by atoms with Gasteiger partial charge in [0.15, 0.2) is 17.3 Å². The highest BCUT2D eigenvalue weighted by Crippen LogP contribution is 2.46. The summed E-state index contributed by atoms with van der Waals surface area (Å²) in [4.78, 5) is 12.4. The van der Waals surface area contributed by atoms with E-state index in [1.807, 2.05) is 54.7 Å². The van der Waals surface area contributed by atoms with Gasteiger partial charge in [0.2, 0.25) is 0 Å². The Labute approximate surface area is 212 Å². The third-order valence-electron chi connectivity index (χ3n) is 6.05. The summed E-state index contributed by atoms with van der Waals surface area (Å²) in [7, 11) is 3.20. The number of carbonyl (C=O) groups is 1. The molecular formula is C25H24ClN5O5. The molecule has 2 aromatic carbocycles. The Bertz CT molecular complexity index is 1400. The molecule has 2 aromatic heterocycles. The fraction of sp³-hybridized carbons (Fsp3) is 0.280. The number of nitrogens with zero attached hydrogens (tertiary/aromatic N) is 5. The summed E-state index contributed by atoms with van der Waals surface area (Å²) in [6.07, 6.45) is 1.34. The number of aryl methyl sites for hydroxylation is 1. The van der Waals surface area contributed by atoms with E-state index in [-0.39, 0.29) is 18.3 Å². The van der Waals surface area contributed by atoms with Gasteiger partial charge in [0.1, 0.15) is 18.6 Å². The van der Waals surface area contributed by atoms with Gasteiger partial charge in [0.05, 0.1) is 32.1 Å².